The zero-order chi connectivity index (χ0) is 15.6. The third-order valence-corrected chi connectivity index (χ3v) is 2.24. The van der Waals surface area contributed by atoms with Gasteiger partial charge in [-0.2, -0.15) is 0 Å². The maximum absolute atomic E-state index is 11.9. The molecular weight excluding hydrogens is 262 g/mol. The molecule has 1 rings (SSSR count). The second-order valence-corrected chi connectivity index (χ2v) is 5.54. The average molecular weight is 281 g/mol. The van der Waals surface area contributed by atoms with Crippen LogP contribution in [0.1, 0.15) is 38.1 Å². The number of benzene rings is 1. The molecule has 6 heteroatoms. The molecule has 0 saturated heterocycles. The van der Waals surface area contributed by atoms with Crippen LogP contribution in [0.5, 0.6) is 5.75 Å². The lowest BCUT2D eigenvalue weighted by atomic mass is 10.2. The van der Waals surface area contributed by atoms with Crippen molar-refractivity contribution < 1.29 is 24.2 Å². The molecule has 0 spiro atoms. The minimum Gasteiger partial charge on any atom is -0.478 e. The van der Waals surface area contributed by atoms with Crippen molar-refractivity contribution in [3.05, 3.63) is 29.8 Å². The van der Waals surface area contributed by atoms with Crippen LogP contribution < -0.4 is 10.5 Å². The first-order valence-electron chi connectivity index (χ1n) is 6.06. The Kier molecular flexibility index (Phi) is 4.39. The molecule has 0 aromatic heterocycles. The molecule has 0 saturated carbocycles. The van der Waals surface area contributed by atoms with Gasteiger partial charge in [-0.15, -0.1) is 0 Å². The highest BCUT2D eigenvalue weighted by Crippen LogP contribution is 2.19. The summed E-state index contributed by atoms with van der Waals surface area (Å²) in [6, 6.07) is 5.59. The Morgan fingerprint density at radius 3 is 2.00 bits per heavy atom. The molecule has 6 nitrogen and oxygen atoms in total. The van der Waals surface area contributed by atoms with E-state index in [9.17, 15) is 9.59 Å². The lowest BCUT2D eigenvalue weighted by Crippen LogP contribution is -2.53. The molecule has 110 valence electrons. The van der Waals surface area contributed by atoms with E-state index >= 15 is 0 Å². The number of carboxylic acids is 1. The highest BCUT2D eigenvalue weighted by molar-refractivity contribution is 5.87. The Balaban J connectivity index is 2.80. The van der Waals surface area contributed by atoms with Crippen molar-refractivity contribution in [3.63, 3.8) is 0 Å². The molecule has 0 amide bonds. The molecule has 1 atom stereocenters. The Hall–Kier alpha value is -2.08. The number of carbonyl (C=O) groups is 2. The van der Waals surface area contributed by atoms with Gasteiger partial charge in [-0.25, -0.2) is 9.59 Å². The molecule has 1 unspecified atom stereocenters. The fourth-order valence-corrected chi connectivity index (χ4v) is 1.33. The predicted molar refractivity (Wildman–Crippen MR) is 72.5 cm³/mol. The summed E-state index contributed by atoms with van der Waals surface area (Å²) in [4.78, 5) is 22.6. The van der Waals surface area contributed by atoms with Crippen LogP contribution in [0.4, 0.5) is 0 Å². The van der Waals surface area contributed by atoms with E-state index in [4.69, 9.17) is 20.3 Å². The molecule has 0 aliphatic carbocycles. The summed E-state index contributed by atoms with van der Waals surface area (Å²) in [6.45, 7) is 6.56. The number of hydrogen-bond donors (Lipinski definition) is 2. The van der Waals surface area contributed by atoms with Gasteiger partial charge in [0, 0.05) is 6.92 Å². The van der Waals surface area contributed by atoms with Gasteiger partial charge in [0.15, 0.2) is 0 Å². The molecule has 0 aliphatic heterocycles. The minimum absolute atomic E-state index is 0.119. The Morgan fingerprint density at radius 1 is 1.10 bits per heavy atom. The first-order valence-corrected chi connectivity index (χ1v) is 6.06. The number of hydrogen-bond acceptors (Lipinski definition) is 5. The SMILES string of the molecule is CC(C)(C)OC(=O)C(C)(N)Oc1ccc(C(=O)O)cc1. The second kappa shape index (κ2) is 5.50. The van der Waals surface area contributed by atoms with Gasteiger partial charge in [-0.3, -0.25) is 5.73 Å². The quantitative estimate of drug-likeness (QED) is 0.644. The summed E-state index contributed by atoms with van der Waals surface area (Å²) in [6.07, 6.45) is 0. The zero-order valence-electron chi connectivity index (χ0n) is 12.0. The highest BCUT2D eigenvalue weighted by atomic mass is 16.6. The highest BCUT2D eigenvalue weighted by Gasteiger charge is 2.35. The third-order valence-electron chi connectivity index (χ3n) is 2.24. The van der Waals surface area contributed by atoms with Crippen LogP contribution in [0, 0.1) is 0 Å². The molecule has 20 heavy (non-hydrogen) atoms. The van der Waals surface area contributed by atoms with Gasteiger partial charge in [0.25, 0.3) is 5.72 Å². The van der Waals surface area contributed by atoms with Gasteiger partial charge >= 0.3 is 11.9 Å². The number of rotatable bonds is 4. The van der Waals surface area contributed by atoms with Crippen LogP contribution in [0.25, 0.3) is 0 Å². The van der Waals surface area contributed by atoms with Crippen molar-refractivity contribution in [1.29, 1.82) is 0 Å². The van der Waals surface area contributed by atoms with E-state index in [0.717, 1.165) is 0 Å². The molecule has 0 radical (unpaired) electrons. The van der Waals surface area contributed by atoms with Crippen LogP contribution in [-0.4, -0.2) is 28.4 Å². The van der Waals surface area contributed by atoms with E-state index in [0.29, 0.717) is 0 Å². The lowest BCUT2D eigenvalue weighted by molar-refractivity contribution is -0.172. The van der Waals surface area contributed by atoms with Crippen molar-refractivity contribution >= 4 is 11.9 Å². The number of esters is 1. The number of carboxylic acid groups (broad SMARTS) is 1. The first-order chi connectivity index (χ1) is 9.01. The zero-order valence-corrected chi connectivity index (χ0v) is 12.0. The summed E-state index contributed by atoms with van der Waals surface area (Å²) in [5, 5.41) is 8.78. The van der Waals surface area contributed by atoms with Crippen molar-refractivity contribution in [2.45, 2.75) is 39.0 Å². The Bertz CT molecular complexity index is 499. The van der Waals surface area contributed by atoms with Crippen molar-refractivity contribution in [2.24, 2.45) is 5.73 Å². The van der Waals surface area contributed by atoms with Gasteiger partial charge < -0.3 is 14.6 Å². The van der Waals surface area contributed by atoms with E-state index in [-0.39, 0.29) is 11.3 Å². The molecule has 0 fully saturated rings. The fraction of sp³-hybridized carbons (Fsp3) is 0.429. The van der Waals surface area contributed by atoms with Crippen molar-refractivity contribution in [1.82, 2.24) is 0 Å². The van der Waals surface area contributed by atoms with Crippen LogP contribution in [0.15, 0.2) is 24.3 Å². The Morgan fingerprint density at radius 2 is 1.60 bits per heavy atom. The molecular formula is C14H19NO5. The largest absolute Gasteiger partial charge is 0.478 e. The number of aromatic carboxylic acids is 1. The van der Waals surface area contributed by atoms with Gasteiger partial charge in [0.05, 0.1) is 5.56 Å². The summed E-state index contributed by atoms with van der Waals surface area (Å²) < 4.78 is 10.5. The van der Waals surface area contributed by atoms with Gasteiger partial charge in [0.2, 0.25) is 0 Å². The van der Waals surface area contributed by atoms with Crippen LogP contribution in [0.2, 0.25) is 0 Å². The van der Waals surface area contributed by atoms with E-state index < -0.39 is 23.3 Å². The molecule has 0 bridgehead atoms. The monoisotopic (exact) mass is 281 g/mol. The van der Waals surface area contributed by atoms with E-state index in [1.165, 1.54) is 31.2 Å². The smallest absolute Gasteiger partial charge is 0.366 e. The lowest BCUT2D eigenvalue weighted by Gasteiger charge is -2.28. The summed E-state index contributed by atoms with van der Waals surface area (Å²) >= 11 is 0. The van der Waals surface area contributed by atoms with Crippen LogP contribution in [0.3, 0.4) is 0 Å². The molecule has 3 N–H and O–H groups in total. The van der Waals surface area contributed by atoms with Gasteiger partial charge in [0.1, 0.15) is 11.4 Å². The normalized spacial score (nSPS) is 14.2. The molecule has 0 aliphatic rings. The average Bonchev–Trinajstić information content (AvgIpc) is 2.26. The Labute approximate surface area is 117 Å². The molecule has 1 aromatic rings. The predicted octanol–water partition coefficient (Wildman–Crippen LogP) is 1.78. The summed E-state index contributed by atoms with van der Waals surface area (Å²) in [5.41, 5.74) is 3.58. The van der Waals surface area contributed by atoms with E-state index in [2.05, 4.69) is 0 Å². The molecule has 0 heterocycles. The number of ether oxygens (including phenoxy) is 2. The van der Waals surface area contributed by atoms with Crippen molar-refractivity contribution in [3.8, 4) is 5.75 Å². The summed E-state index contributed by atoms with van der Waals surface area (Å²) in [7, 11) is 0. The van der Waals surface area contributed by atoms with Crippen molar-refractivity contribution in [2.75, 3.05) is 0 Å². The summed E-state index contributed by atoms with van der Waals surface area (Å²) in [5.74, 6) is -1.46. The minimum atomic E-state index is -1.65. The standard InChI is InChI=1S/C14H19NO5/c1-13(2,3)20-12(18)14(4,15)19-10-7-5-9(6-8-10)11(16)17/h5-8H,15H2,1-4H3,(H,16,17). The van der Waals surface area contributed by atoms with Crippen LogP contribution in [-0.2, 0) is 9.53 Å². The topological polar surface area (TPSA) is 98.9 Å². The van der Waals surface area contributed by atoms with E-state index in [1.807, 2.05) is 0 Å². The fourth-order valence-electron chi connectivity index (χ4n) is 1.33. The van der Waals surface area contributed by atoms with Gasteiger partial charge in [-0.05, 0) is 45.0 Å². The second-order valence-electron chi connectivity index (χ2n) is 5.54. The number of nitrogens with two attached hydrogens (primary N) is 1. The van der Waals surface area contributed by atoms with Gasteiger partial charge in [-0.1, -0.05) is 0 Å². The number of carbonyl (C=O) groups excluding carboxylic acids is 1. The maximum atomic E-state index is 11.9. The van der Waals surface area contributed by atoms with Crippen LogP contribution >= 0.6 is 0 Å². The third kappa shape index (κ3) is 4.55. The maximum Gasteiger partial charge on any atom is 0.366 e. The molecule has 1 aromatic carbocycles. The first kappa shape index (κ1) is 16.0. The van der Waals surface area contributed by atoms with E-state index in [1.54, 1.807) is 20.8 Å².